The molecule has 0 saturated carbocycles. The van der Waals surface area contributed by atoms with Crippen LogP contribution >= 0.6 is 0 Å². The molecule has 1 aromatic carbocycles. The van der Waals surface area contributed by atoms with Gasteiger partial charge in [0.05, 0.1) is 11.5 Å². The number of hydrogen-bond acceptors (Lipinski definition) is 5. The maximum atomic E-state index is 12.0. The minimum absolute atomic E-state index is 0.0290. The number of amides is 2. The summed E-state index contributed by atoms with van der Waals surface area (Å²) in [5.74, 6) is -0.423. The molecule has 2 atom stereocenters. The summed E-state index contributed by atoms with van der Waals surface area (Å²) >= 11 is 0. The second-order valence-electron chi connectivity index (χ2n) is 5.26. The zero-order chi connectivity index (χ0) is 16.3. The zero-order valence-corrected chi connectivity index (χ0v) is 12.9. The molecule has 2 amide bonds. The Hall–Kier alpha value is -2.09. The Balaban J connectivity index is 1.90. The molecule has 22 heavy (non-hydrogen) atoms. The highest BCUT2D eigenvalue weighted by Crippen LogP contribution is 2.15. The highest BCUT2D eigenvalue weighted by molar-refractivity contribution is 7.91. The molecule has 0 aromatic heterocycles. The molecule has 0 unspecified atom stereocenters. The molecule has 120 valence electrons. The van der Waals surface area contributed by atoms with Crippen LogP contribution in [0.15, 0.2) is 24.3 Å². The molecule has 0 spiro atoms. The van der Waals surface area contributed by atoms with Crippen LogP contribution in [0.2, 0.25) is 0 Å². The van der Waals surface area contributed by atoms with Gasteiger partial charge in [-0.3, -0.25) is 9.59 Å². The predicted molar refractivity (Wildman–Crippen MR) is 80.3 cm³/mol. The fourth-order valence-corrected chi connectivity index (χ4v) is 3.86. The number of rotatable bonds is 5. The number of ether oxygens (including phenoxy) is 1. The average Bonchev–Trinajstić information content (AvgIpc) is 2.78. The number of carbonyl (C=O) groups is 2. The maximum absolute atomic E-state index is 12.0. The first kappa shape index (κ1) is 16.3. The van der Waals surface area contributed by atoms with Crippen molar-refractivity contribution in [2.24, 2.45) is 5.73 Å². The van der Waals surface area contributed by atoms with Crippen LogP contribution < -0.4 is 15.8 Å². The number of sulfone groups is 1. The van der Waals surface area contributed by atoms with Crippen molar-refractivity contribution in [2.45, 2.75) is 25.5 Å². The minimum atomic E-state index is -3.04. The van der Waals surface area contributed by atoms with Gasteiger partial charge in [0.25, 0.3) is 5.91 Å². The highest BCUT2D eigenvalue weighted by Gasteiger charge is 2.30. The van der Waals surface area contributed by atoms with Crippen LogP contribution in [0.3, 0.4) is 0 Å². The van der Waals surface area contributed by atoms with Crippen LogP contribution in [-0.4, -0.2) is 43.9 Å². The van der Waals surface area contributed by atoms with E-state index < -0.39 is 21.8 Å². The third kappa shape index (κ3) is 4.20. The molecular weight excluding hydrogens is 308 g/mol. The van der Waals surface area contributed by atoms with Crippen LogP contribution in [0, 0.1) is 0 Å². The Morgan fingerprint density at radius 1 is 1.32 bits per heavy atom. The summed E-state index contributed by atoms with van der Waals surface area (Å²) in [7, 11) is -3.04. The lowest BCUT2D eigenvalue weighted by atomic mass is 10.2. The Morgan fingerprint density at radius 3 is 2.45 bits per heavy atom. The van der Waals surface area contributed by atoms with Gasteiger partial charge in [-0.05, 0) is 37.6 Å². The van der Waals surface area contributed by atoms with E-state index in [1.54, 1.807) is 19.1 Å². The molecule has 1 aromatic rings. The molecule has 1 aliphatic rings. The summed E-state index contributed by atoms with van der Waals surface area (Å²) in [6.45, 7) is 1.57. The van der Waals surface area contributed by atoms with Gasteiger partial charge in [-0.25, -0.2) is 8.42 Å². The molecule has 1 heterocycles. The molecular formula is C14H18N2O5S. The van der Waals surface area contributed by atoms with E-state index in [9.17, 15) is 18.0 Å². The van der Waals surface area contributed by atoms with Gasteiger partial charge in [0.2, 0.25) is 5.91 Å². The van der Waals surface area contributed by atoms with Gasteiger partial charge in [-0.2, -0.15) is 0 Å². The Morgan fingerprint density at radius 2 is 1.95 bits per heavy atom. The lowest BCUT2D eigenvalue weighted by molar-refractivity contribution is -0.127. The number of nitrogens with two attached hydrogens (primary N) is 1. The van der Waals surface area contributed by atoms with Crippen LogP contribution in [0.4, 0.5) is 0 Å². The summed E-state index contributed by atoms with van der Waals surface area (Å²) in [4.78, 5) is 22.9. The number of nitrogens with one attached hydrogen (secondary N) is 1. The third-order valence-corrected chi connectivity index (χ3v) is 5.17. The van der Waals surface area contributed by atoms with Crippen molar-refractivity contribution < 1.29 is 22.7 Å². The van der Waals surface area contributed by atoms with Gasteiger partial charge in [0.15, 0.2) is 15.9 Å². The van der Waals surface area contributed by atoms with Crippen molar-refractivity contribution in [1.82, 2.24) is 5.32 Å². The molecule has 1 fully saturated rings. The normalized spacial score (nSPS) is 21.0. The summed E-state index contributed by atoms with van der Waals surface area (Å²) in [6.07, 6.45) is -0.351. The van der Waals surface area contributed by atoms with Gasteiger partial charge in [-0.15, -0.1) is 0 Å². The van der Waals surface area contributed by atoms with Crippen LogP contribution in [-0.2, 0) is 14.6 Å². The number of carbonyl (C=O) groups excluding carboxylic acids is 2. The van der Waals surface area contributed by atoms with Crippen LogP contribution in [0.5, 0.6) is 5.75 Å². The van der Waals surface area contributed by atoms with Crippen molar-refractivity contribution >= 4 is 21.7 Å². The molecule has 7 nitrogen and oxygen atoms in total. The summed E-state index contributed by atoms with van der Waals surface area (Å²) in [5.41, 5.74) is 5.48. The van der Waals surface area contributed by atoms with E-state index in [1.807, 2.05) is 0 Å². The number of primary amides is 1. The van der Waals surface area contributed by atoms with E-state index in [2.05, 4.69) is 5.32 Å². The van der Waals surface area contributed by atoms with Crippen molar-refractivity contribution in [1.29, 1.82) is 0 Å². The second kappa shape index (κ2) is 6.35. The molecule has 8 heteroatoms. The minimum Gasteiger partial charge on any atom is -0.481 e. The standard InChI is InChI=1S/C14H18N2O5S/c1-9(14(18)16-11-6-7-22(19,20)8-11)21-12-4-2-10(3-5-12)13(15)17/h2-5,9,11H,6-8H2,1H3,(H2,15,17)(H,16,18)/t9-,11+/m0/s1. The molecule has 0 aliphatic carbocycles. The van der Waals surface area contributed by atoms with Crippen LogP contribution in [0.1, 0.15) is 23.7 Å². The first-order valence-corrected chi connectivity index (χ1v) is 8.66. The van der Waals surface area contributed by atoms with E-state index in [1.165, 1.54) is 12.1 Å². The summed E-state index contributed by atoms with van der Waals surface area (Å²) < 4.78 is 28.2. The lowest BCUT2D eigenvalue weighted by Crippen LogP contribution is -2.43. The fourth-order valence-electron chi connectivity index (χ4n) is 2.18. The predicted octanol–water partition coefficient (Wildman–Crippen LogP) is -0.144. The summed E-state index contributed by atoms with van der Waals surface area (Å²) in [5, 5.41) is 2.67. The smallest absolute Gasteiger partial charge is 0.261 e. The van der Waals surface area contributed by atoms with Gasteiger partial charge in [-0.1, -0.05) is 0 Å². The Kier molecular flexibility index (Phi) is 4.70. The van der Waals surface area contributed by atoms with Crippen molar-refractivity contribution in [3.8, 4) is 5.75 Å². The van der Waals surface area contributed by atoms with E-state index in [0.717, 1.165) is 0 Å². The number of benzene rings is 1. The average molecular weight is 326 g/mol. The molecule has 0 bridgehead atoms. The molecule has 1 saturated heterocycles. The van der Waals surface area contributed by atoms with Gasteiger partial charge in [0, 0.05) is 11.6 Å². The van der Waals surface area contributed by atoms with Crippen molar-refractivity contribution in [2.75, 3.05) is 11.5 Å². The second-order valence-corrected chi connectivity index (χ2v) is 7.49. The number of hydrogen-bond donors (Lipinski definition) is 2. The van der Waals surface area contributed by atoms with Gasteiger partial charge >= 0.3 is 0 Å². The lowest BCUT2D eigenvalue weighted by Gasteiger charge is -2.17. The Bertz CT molecular complexity index is 669. The summed E-state index contributed by atoms with van der Waals surface area (Å²) in [6, 6.07) is 5.74. The maximum Gasteiger partial charge on any atom is 0.261 e. The van der Waals surface area contributed by atoms with E-state index in [-0.39, 0.29) is 23.5 Å². The van der Waals surface area contributed by atoms with E-state index in [4.69, 9.17) is 10.5 Å². The zero-order valence-electron chi connectivity index (χ0n) is 12.1. The molecule has 3 N–H and O–H groups in total. The molecule has 1 aliphatic heterocycles. The van der Waals surface area contributed by atoms with Crippen molar-refractivity contribution in [3.63, 3.8) is 0 Å². The van der Waals surface area contributed by atoms with Crippen molar-refractivity contribution in [3.05, 3.63) is 29.8 Å². The molecule has 0 radical (unpaired) electrons. The first-order valence-electron chi connectivity index (χ1n) is 6.84. The molecule has 2 rings (SSSR count). The largest absolute Gasteiger partial charge is 0.481 e. The SMILES string of the molecule is C[C@H](Oc1ccc(C(N)=O)cc1)C(=O)N[C@@H]1CCS(=O)(=O)C1. The quantitative estimate of drug-likeness (QED) is 0.781. The third-order valence-electron chi connectivity index (χ3n) is 3.40. The van der Waals surface area contributed by atoms with Crippen LogP contribution in [0.25, 0.3) is 0 Å². The fraction of sp³-hybridized carbons (Fsp3) is 0.429. The topological polar surface area (TPSA) is 116 Å². The monoisotopic (exact) mass is 326 g/mol. The van der Waals surface area contributed by atoms with E-state index >= 15 is 0 Å². The van der Waals surface area contributed by atoms with E-state index in [0.29, 0.717) is 17.7 Å². The van der Waals surface area contributed by atoms with Gasteiger partial charge in [0.1, 0.15) is 5.75 Å². The first-order chi connectivity index (χ1) is 10.3. The highest BCUT2D eigenvalue weighted by atomic mass is 32.2. The Labute approximate surface area is 128 Å². The van der Waals surface area contributed by atoms with Gasteiger partial charge < -0.3 is 15.8 Å².